The summed E-state index contributed by atoms with van der Waals surface area (Å²) < 4.78 is 11.5. The van der Waals surface area contributed by atoms with Gasteiger partial charge in [0.1, 0.15) is 12.4 Å². The summed E-state index contributed by atoms with van der Waals surface area (Å²) in [4.78, 5) is 12.0. The van der Waals surface area contributed by atoms with Crippen LogP contribution in [0.3, 0.4) is 0 Å². The minimum absolute atomic E-state index is 0.119. The number of hydrogen-bond acceptors (Lipinski definition) is 4. The van der Waals surface area contributed by atoms with Gasteiger partial charge in [-0.15, -0.1) is 0 Å². The molecular formula is C34H44O4Si. The van der Waals surface area contributed by atoms with E-state index in [9.17, 15) is 4.79 Å². The number of benzene rings is 3. The average Bonchev–Trinajstić information content (AvgIpc) is 2.95. The number of unbranched alkanes of at least 4 members (excludes halogenated alkanes) is 3. The van der Waals surface area contributed by atoms with Gasteiger partial charge in [-0.25, -0.2) is 4.79 Å². The lowest BCUT2D eigenvalue weighted by Crippen LogP contribution is -2.40. The Morgan fingerprint density at radius 2 is 1.44 bits per heavy atom. The molecule has 0 atom stereocenters. The van der Waals surface area contributed by atoms with Crippen LogP contribution in [-0.2, 0) is 16.1 Å². The minimum atomic E-state index is -1.38. The van der Waals surface area contributed by atoms with Crippen molar-refractivity contribution in [2.24, 2.45) is 0 Å². The zero-order valence-electron chi connectivity index (χ0n) is 24.1. The molecule has 0 spiro atoms. The highest BCUT2D eigenvalue weighted by Gasteiger charge is 2.22. The van der Waals surface area contributed by atoms with Crippen LogP contribution < -0.4 is 9.92 Å². The maximum absolute atomic E-state index is 12.0. The molecule has 0 saturated heterocycles. The summed E-state index contributed by atoms with van der Waals surface area (Å²) >= 11 is 0. The van der Waals surface area contributed by atoms with E-state index in [1.807, 2.05) is 18.2 Å². The number of aliphatic hydroxyl groups is 1. The fraction of sp³-hybridized carbons (Fsp3) is 0.382. The summed E-state index contributed by atoms with van der Waals surface area (Å²) in [5.41, 5.74) is 5.73. The molecule has 0 amide bonds. The molecule has 0 heterocycles. The number of rotatable bonds is 15. The molecule has 0 aliphatic heterocycles. The van der Waals surface area contributed by atoms with Crippen molar-refractivity contribution in [3.63, 3.8) is 0 Å². The summed E-state index contributed by atoms with van der Waals surface area (Å²) in [5.74, 6) is 0.292. The molecule has 4 nitrogen and oxygen atoms in total. The van der Waals surface area contributed by atoms with Crippen LogP contribution in [0.25, 0.3) is 22.3 Å². The van der Waals surface area contributed by atoms with Crippen LogP contribution in [0.1, 0.15) is 51.5 Å². The molecule has 0 fully saturated rings. The van der Waals surface area contributed by atoms with Crippen LogP contribution in [-0.4, -0.2) is 32.4 Å². The van der Waals surface area contributed by atoms with Crippen LogP contribution in [0.15, 0.2) is 78.9 Å². The molecule has 3 aromatic rings. The topological polar surface area (TPSA) is 55.8 Å². The van der Waals surface area contributed by atoms with E-state index < -0.39 is 14.0 Å². The summed E-state index contributed by atoms with van der Waals surface area (Å²) in [6.07, 6.45) is 5.09. The molecule has 0 bridgehead atoms. The zero-order chi connectivity index (χ0) is 28.3. The molecule has 39 heavy (non-hydrogen) atoms. The van der Waals surface area contributed by atoms with Crippen LogP contribution in [0.4, 0.5) is 0 Å². The first-order valence-electron chi connectivity index (χ1n) is 14.2. The van der Waals surface area contributed by atoms with Crippen LogP contribution in [0, 0.1) is 0 Å². The van der Waals surface area contributed by atoms with Gasteiger partial charge < -0.3 is 14.6 Å². The van der Waals surface area contributed by atoms with Crippen molar-refractivity contribution in [1.82, 2.24) is 0 Å². The van der Waals surface area contributed by atoms with Crippen molar-refractivity contribution in [3.8, 4) is 28.0 Å². The minimum Gasteiger partial charge on any atom is -0.493 e. The zero-order valence-corrected chi connectivity index (χ0v) is 25.1. The number of ether oxygens (including phenoxy) is 2. The lowest BCUT2D eigenvalue weighted by molar-refractivity contribution is -0.140. The predicted octanol–water partition coefficient (Wildman–Crippen LogP) is 7.90. The van der Waals surface area contributed by atoms with E-state index in [4.69, 9.17) is 14.6 Å². The van der Waals surface area contributed by atoms with Gasteiger partial charge in [-0.2, -0.15) is 0 Å². The number of hydrogen-bond donors (Lipinski definition) is 1. The summed E-state index contributed by atoms with van der Waals surface area (Å²) in [5, 5.41) is 10.5. The Bertz CT molecular complexity index is 1210. The van der Waals surface area contributed by atoms with Crippen LogP contribution >= 0.6 is 0 Å². The monoisotopic (exact) mass is 544 g/mol. The quantitative estimate of drug-likeness (QED) is 0.0914. The third-order valence-corrected chi connectivity index (χ3v) is 10.7. The normalized spacial score (nSPS) is 11.3. The van der Waals surface area contributed by atoms with Gasteiger partial charge in [0.25, 0.3) is 0 Å². The molecule has 208 valence electrons. The lowest BCUT2D eigenvalue weighted by atomic mass is 9.99. The second-order valence-corrected chi connectivity index (χ2v) is 15.8. The lowest BCUT2D eigenvalue weighted by Gasteiger charge is -2.23. The number of aliphatic hydroxyl groups excluding tert-OH is 1. The molecule has 0 aromatic heterocycles. The van der Waals surface area contributed by atoms with Crippen molar-refractivity contribution in [2.45, 2.75) is 71.7 Å². The Morgan fingerprint density at radius 1 is 0.846 bits per heavy atom. The van der Waals surface area contributed by atoms with Gasteiger partial charge in [0, 0.05) is 17.7 Å². The molecular weight excluding hydrogens is 500 g/mol. The van der Waals surface area contributed by atoms with E-state index in [0.717, 1.165) is 36.0 Å². The first-order chi connectivity index (χ1) is 18.7. The first kappa shape index (κ1) is 30.4. The Morgan fingerprint density at radius 3 is 2.03 bits per heavy atom. The standard InChI is InChI=1S/C34H44O4Si/c1-6-7-23-39(4,5)32-18-15-28(16-19-32)27-11-13-29(14-12-27)30-17-20-33(37-22-10-8-9-21-35)31(24-30)25-38-34(36)26(2)3/h11-20,24,35H,2,6-10,21-23,25H2,1,3-5H3. The number of carbonyl (C=O) groups is 1. The van der Waals surface area contributed by atoms with Gasteiger partial charge >= 0.3 is 5.97 Å². The molecule has 0 aliphatic rings. The Balaban J connectivity index is 1.77. The highest BCUT2D eigenvalue weighted by atomic mass is 28.3. The smallest absolute Gasteiger partial charge is 0.333 e. The fourth-order valence-corrected chi connectivity index (χ4v) is 7.18. The van der Waals surface area contributed by atoms with Gasteiger partial charge in [-0.1, -0.05) is 105 Å². The fourth-order valence-electron chi connectivity index (χ4n) is 4.58. The van der Waals surface area contributed by atoms with Gasteiger partial charge in [0.05, 0.1) is 14.7 Å². The van der Waals surface area contributed by atoms with E-state index in [1.165, 1.54) is 35.2 Å². The van der Waals surface area contributed by atoms with E-state index in [-0.39, 0.29) is 13.2 Å². The number of esters is 1. The van der Waals surface area contributed by atoms with E-state index in [1.54, 1.807) is 6.92 Å². The highest BCUT2D eigenvalue weighted by molar-refractivity contribution is 6.89. The van der Waals surface area contributed by atoms with Crippen molar-refractivity contribution < 1.29 is 19.4 Å². The molecule has 0 radical (unpaired) electrons. The third kappa shape index (κ3) is 8.94. The Labute approximate surface area is 235 Å². The van der Waals surface area contributed by atoms with E-state index in [2.05, 4.69) is 75.1 Å². The largest absolute Gasteiger partial charge is 0.493 e. The first-order valence-corrected chi connectivity index (χ1v) is 17.4. The highest BCUT2D eigenvalue weighted by Crippen LogP contribution is 2.30. The van der Waals surface area contributed by atoms with Gasteiger partial charge in [-0.05, 0) is 60.6 Å². The summed E-state index contributed by atoms with van der Waals surface area (Å²) in [6.45, 7) is 13.4. The molecule has 1 N–H and O–H groups in total. The molecule has 3 rings (SSSR count). The second kappa shape index (κ2) is 14.9. The Hall–Kier alpha value is -3.15. The van der Waals surface area contributed by atoms with E-state index >= 15 is 0 Å². The predicted molar refractivity (Wildman–Crippen MR) is 165 cm³/mol. The second-order valence-electron chi connectivity index (χ2n) is 11.0. The maximum Gasteiger partial charge on any atom is 0.333 e. The van der Waals surface area contributed by atoms with Gasteiger partial charge in [0.15, 0.2) is 0 Å². The molecule has 0 saturated carbocycles. The maximum atomic E-state index is 12.0. The summed E-state index contributed by atoms with van der Waals surface area (Å²) in [7, 11) is -1.38. The van der Waals surface area contributed by atoms with Gasteiger partial charge in [-0.3, -0.25) is 0 Å². The molecule has 0 aliphatic carbocycles. The van der Waals surface area contributed by atoms with Crippen LogP contribution in [0.2, 0.25) is 19.1 Å². The SMILES string of the molecule is C=C(C)C(=O)OCc1cc(-c2ccc(-c3ccc([Si](C)(C)CCCC)cc3)cc2)ccc1OCCCCCO. The van der Waals surface area contributed by atoms with E-state index in [0.29, 0.717) is 17.9 Å². The van der Waals surface area contributed by atoms with Gasteiger partial charge in [0.2, 0.25) is 0 Å². The average molecular weight is 545 g/mol. The van der Waals surface area contributed by atoms with Crippen molar-refractivity contribution in [1.29, 1.82) is 0 Å². The van der Waals surface area contributed by atoms with Crippen molar-refractivity contribution >= 4 is 19.2 Å². The summed E-state index contributed by atoms with van der Waals surface area (Å²) in [6, 6.07) is 25.1. The van der Waals surface area contributed by atoms with Crippen LogP contribution in [0.5, 0.6) is 5.75 Å². The molecule has 5 heteroatoms. The van der Waals surface area contributed by atoms with Crippen molar-refractivity contribution in [3.05, 3.63) is 84.4 Å². The molecule has 3 aromatic carbocycles. The Kier molecular flexibility index (Phi) is 11.6. The molecule has 0 unspecified atom stereocenters. The van der Waals surface area contributed by atoms with Crippen molar-refractivity contribution in [2.75, 3.05) is 13.2 Å². The number of carbonyl (C=O) groups excluding carboxylic acids is 1. The third-order valence-electron chi connectivity index (χ3n) is 7.20.